The average molecular weight is 270 g/mol. The zero-order chi connectivity index (χ0) is 13.0. The van der Waals surface area contributed by atoms with E-state index in [9.17, 15) is 0 Å². The Hall–Kier alpha value is -0.880. The van der Waals surface area contributed by atoms with Gasteiger partial charge in [0.25, 0.3) is 0 Å². The molecule has 0 aliphatic carbocycles. The highest BCUT2D eigenvalue weighted by molar-refractivity contribution is 7.98. The van der Waals surface area contributed by atoms with Gasteiger partial charge < -0.3 is 10.6 Å². The van der Waals surface area contributed by atoms with Crippen molar-refractivity contribution in [1.82, 2.24) is 10.2 Å². The van der Waals surface area contributed by atoms with Gasteiger partial charge in [-0.3, -0.25) is 0 Å². The third-order valence-electron chi connectivity index (χ3n) is 2.67. The molecule has 17 heavy (non-hydrogen) atoms. The molecular weight excluding hydrogens is 252 g/mol. The van der Waals surface area contributed by atoms with E-state index in [1.54, 1.807) is 11.8 Å². The quantitative estimate of drug-likeness (QED) is 0.819. The van der Waals surface area contributed by atoms with Gasteiger partial charge in [-0.1, -0.05) is 12.2 Å². The van der Waals surface area contributed by atoms with E-state index >= 15 is 0 Å². The Kier molecular flexibility index (Phi) is 5.14. The molecule has 0 aliphatic heterocycles. The number of thioether (sulfide) groups is 1. The molecule has 1 rings (SSSR count). The highest BCUT2D eigenvalue weighted by atomic mass is 32.2. The predicted molar refractivity (Wildman–Crippen MR) is 79.0 cm³/mol. The summed E-state index contributed by atoms with van der Waals surface area (Å²) in [6, 6.07) is 0. The fourth-order valence-corrected chi connectivity index (χ4v) is 2.19. The first-order valence-corrected chi connectivity index (χ1v) is 7.13. The molecule has 0 amide bonds. The fourth-order valence-electron chi connectivity index (χ4n) is 1.49. The number of nitrogens with zero attached hydrogens (tertiary/aromatic N) is 3. The summed E-state index contributed by atoms with van der Waals surface area (Å²) in [4.78, 5) is 2.43. The summed E-state index contributed by atoms with van der Waals surface area (Å²) >= 11 is 6.90. The van der Waals surface area contributed by atoms with E-state index in [4.69, 9.17) is 18.0 Å². The van der Waals surface area contributed by atoms with Gasteiger partial charge in [0, 0.05) is 19.3 Å². The van der Waals surface area contributed by atoms with E-state index in [-0.39, 0.29) is 0 Å². The van der Waals surface area contributed by atoms with Crippen molar-refractivity contribution in [3.63, 3.8) is 0 Å². The summed E-state index contributed by atoms with van der Waals surface area (Å²) in [5, 5.41) is 8.35. The van der Waals surface area contributed by atoms with Crippen molar-refractivity contribution >= 4 is 34.8 Å². The van der Waals surface area contributed by atoms with Crippen LogP contribution in [0.4, 0.5) is 5.82 Å². The Morgan fingerprint density at radius 1 is 1.41 bits per heavy atom. The summed E-state index contributed by atoms with van der Waals surface area (Å²) in [5.41, 5.74) is 8.51. The first-order chi connectivity index (χ1) is 7.99. The first-order valence-electron chi connectivity index (χ1n) is 5.32. The molecule has 0 aliphatic rings. The van der Waals surface area contributed by atoms with Crippen molar-refractivity contribution in [2.75, 3.05) is 30.5 Å². The normalized spacial score (nSPS) is 10.4. The van der Waals surface area contributed by atoms with Gasteiger partial charge in [0.05, 0.1) is 11.3 Å². The molecular formula is C11H18N4S2. The van der Waals surface area contributed by atoms with Gasteiger partial charge >= 0.3 is 0 Å². The van der Waals surface area contributed by atoms with Crippen LogP contribution in [0.3, 0.4) is 0 Å². The molecule has 1 aromatic rings. The zero-order valence-electron chi connectivity index (χ0n) is 10.6. The molecule has 0 unspecified atom stereocenters. The van der Waals surface area contributed by atoms with Gasteiger partial charge in [0.2, 0.25) is 0 Å². The van der Waals surface area contributed by atoms with Crippen LogP contribution in [0, 0.1) is 13.8 Å². The van der Waals surface area contributed by atoms with Crippen LogP contribution >= 0.6 is 24.0 Å². The van der Waals surface area contributed by atoms with Crippen LogP contribution in [0.25, 0.3) is 0 Å². The van der Waals surface area contributed by atoms with Gasteiger partial charge in [-0.2, -0.15) is 16.9 Å². The number of anilines is 1. The largest absolute Gasteiger partial charge is 0.389 e. The van der Waals surface area contributed by atoms with E-state index in [1.807, 2.05) is 25.8 Å². The number of nitrogens with two attached hydrogens (primary N) is 1. The Morgan fingerprint density at radius 2 is 2.06 bits per heavy atom. The van der Waals surface area contributed by atoms with Crippen molar-refractivity contribution in [1.29, 1.82) is 0 Å². The van der Waals surface area contributed by atoms with Crippen LogP contribution in [0.15, 0.2) is 0 Å². The van der Waals surface area contributed by atoms with Crippen LogP contribution in [0.2, 0.25) is 0 Å². The number of aromatic nitrogens is 2. The number of aryl methyl sites for hydroxylation is 1. The molecule has 94 valence electrons. The summed E-state index contributed by atoms with van der Waals surface area (Å²) in [5.74, 6) is 1.80. The van der Waals surface area contributed by atoms with Crippen molar-refractivity contribution in [2.24, 2.45) is 5.73 Å². The highest BCUT2D eigenvalue weighted by Gasteiger charge is 2.16. The number of thiocarbonyl (C=S) groups is 1. The standard InChI is InChI=1S/C11H18N4S2/c1-7-8(2)13-14-11(9(7)10(12)16)15(3)5-6-17-4/h5-6H2,1-4H3,(H2,12,16). The SMILES string of the molecule is CSCCN(C)c1nnc(C)c(C)c1C(N)=S. The smallest absolute Gasteiger partial charge is 0.161 e. The third kappa shape index (κ3) is 3.29. The average Bonchev–Trinajstić information content (AvgIpc) is 2.28. The Labute approximate surface area is 112 Å². The van der Waals surface area contributed by atoms with Crippen LogP contribution in [-0.2, 0) is 0 Å². The summed E-state index contributed by atoms with van der Waals surface area (Å²) < 4.78 is 0. The first kappa shape index (κ1) is 14.2. The Morgan fingerprint density at radius 3 is 2.59 bits per heavy atom. The monoisotopic (exact) mass is 270 g/mol. The minimum absolute atomic E-state index is 0.381. The highest BCUT2D eigenvalue weighted by Crippen LogP contribution is 2.21. The molecule has 0 fully saturated rings. The van der Waals surface area contributed by atoms with Gasteiger partial charge in [0.1, 0.15) is 4.99 Å². The summed E-state index contributed by atoms with van der Waals surface area (Å²) in [6.45, 7) is 4.79. The molecule has 0 spiro atoms. The van der Waals surface area contributed by atoms with E-state index in [0.29, 0.717) is 4.99 Å². The number of hydrogen-bond acceptors (Lipinski definition) is 5. The molecule has 1 aromatic heterocycles. The molecule has 0 saturated heterocycles. The summed E-state index contributed by atoms with van der Waals surface area (Å²) in [7, 11) is 1.98. The molecule has 0 atom stereocenters. The topological polar surface area (TPSA) is 55.0 Å². The maximum absolute atomic E-state index is 5.78. The molecule has 4 nitrogen and oxygen atoms in total. The molecule has 1 heterocycles. The second kappa shape index (κ2) is 6.16. The maximum Gasteiger partial charge on any atom is 0.161 e. The number of hydrogen-bond donors (Lipinski definition) is 1. The van der Waals surface area contributed by atoms with E-state index in [0.717, 1.165) is 34.9 Å². The van der Waals surface area contributed by atoms with E-state index < -0.39 is 0 Å². The molecule has 2 N–H and O–H groups in total. The Balaban J connectivity index is 3.15. The van der Waals surface area contributed by atoms with Crippen molar-refractivity contribution in [3.8, 4) is 0 Å². The van der Waals surface area contributed by atoms with Crippen LogP contribution in [0.5, 0.6) is 0 Å². The summed E-state index contributed by atoms with van der Waals surface area (Å²) in [6.07, 6.45) is 2.08. The lowest BCUT2D eigenvalue weighted by Gasteiger charge is -2.21. The minimum Gasteiger partial charge on any atom is -0.389 e. The van der Waals surface area contributed by atoms with Gasteiger partial charge in [-0.25, -0.2) is 0 Å². The second-order valence-corrected chi connectivity index (χ2v) is 5.31. The van der Waals surface area contributed by atoms with E-state index in [1.165, 1.54) is 0 Å². The van der Waals surface area contributed by atoms with Crippen LogP contribution in [-0.4, -0.2) is 40.8 Å². The molecule has 0 aromatic carbocycles. The lowest BCUT2D eigenvalue weighted by atomic mass is 10.1. The van der Waals surface area contributed by atoms with Gasteiger partial charge in [-0.05, 0) is 25.7 Å². The zero-order valence-corrected chi connectivity index (χ0v) is 12.3. The van der Waals surface area contributed by atoms with Gasteiger partial charge in [-0.15, -0.1) is 5.10 Å². The fraction of sp³-hybridized carbons (Fsp3) is 0.545. The lowest BCUT2D eigenvalue weighted by molar-refractivity contribution is 0.875. The molecule has 0 bridgehead atoms. The van der Waals surface area contributed by atoms with E-state index in [2.05, 4.69) is 16.5 Å². The van der Waals surface area contributed by atoms with Crippen molar-refractivity contribution in [3.05, 3.63) is 16.8 Å². The molecule has 0 radical (unpaired) electrons. The van der Waals surface area contributed by atoms with Crippen LogP contribution < -0.4 is 10.6 Å². The van der Waals surface area contributed by atoms with Crippen molar-refractivity contribution in [2.45, 2.75) is 13.8 Å². The lowest BCUT2D eigenvalue weighted by Crippen LogP contribution is -2.27. The predicted octanol–water partition coefficient (Wildman–Crippen LogP) is 1.53. The molecule has 0 saturated carbocycles. The minimum atomic E-state index is 0.381. The Bertz CT molecular complexity index is 420. The second-order valence-electron chi connectivity index (χ2n) is 3.89. The van der Waals surface area contributed by atoms with Crippen LogP contribution in [0.1, 0.15) is 16.8 Å². The number of rotatable bonds is 5. The van der Waals surface area contributed by atoms with Crippen molar-refractivity contribution < 1.29 is 0 Å². The molecule has 6 heteroatoms. The maximum atomic E-state index is 5.78. The third-order valence-corrected chi connectivity index (χ3v) is 3.47. The van der Waals surface area contributed by atoms with Gasteiger partial charge in [0.15, 0.2) is 5.82 Å².